The smallest absolute Gasteiger partial charge is 0.254 e. The van der Waals surface area contributed by atoms with E-state index in [1.165, 1.54) is 0 Å². The Kier molecular flexibility index (Phi) is 5.30. The molecule has 1 aromatic carbocycles. The maximum atomic E-state index is 13.0. The second kappa shape index (κ2) is 7.48. The summed E-state index contributed by atoms with van der Waals surface area (Å²) in [5, 5.41) is 5.94. The van der Waals surface area contributed by atoms with Gasteiger partial charge in [-0.25, -0.2) is 0 Å². The van der Waals surface area contributed by atoms with E-state index >= 15 is 0 Å². The lowest BCUT2D eigenvalue weighted by Gasteiger charge is -2.32. The van der Waals surface area contributed by atoms with Gasteiger partial charge in [-0.1, -0.05) is 44.9 Å². The van der Waals surface area contributed by atoms with Crippen LogP contribution in [-0.4, -0.2) is 47.3 Å². The minimum Gasteiger partial charge on any atom is -0.347 e. The van der Waals surface area contributed by atoms with Crippen molar-refractivity contribution in [3.63, 3.8) is 0 Å². The van der Waals surface area contributed by atoms with Crippen LogP contribution in [-0.2, 0) is 9.59 Å². The first kappa shape index (κ1) is 18.4. The molecule has 2 N–H and O–H groups in total. The van der Waals surface area contributed by atoms with Crippen molar-refractivity contribution in [2.24, 2.45) is 5.92 Å². The number of nitrogens with one attached hydrogen (secondary N) is 2. The molecule has 1 spiro atoms. The van der Waals surface area contributed by atoms with Crippen molar-refractivity contribution >= 4 is 17.7 Å². The van der Waals surface area contributed by atoms with E-state index < -0.39 is 6.04 Å². The number of rotatable bonds is 3. The summed E-state index contributed by atoms with van der Waals surface area (Å²) < 4.78 is 0. The van der Waals surface area contributed by atoms with Gasteiger partial charge in [0.2, 0.25) is 11.8 Å². The van der Waals surface area contributed by atoms with Crippen LogP contribution in [0.5, 0.6) is 0 Å². The molecular formula is C20H27N3O3. The Morgan fingerprint density at radius 3 is 2.46 bits per heavy atom. The van der Waals surface area contributed by atoms with Gasteiger partial charge in [0.15, 0.2) is 0 Å². The summed E-state index contributed by atoms with van der Waals surface area (Å²) in [6, 6.07) is 8.37. The van der Waals surface area contributed by atoms with Crippen molar-refractivity contribution < 1.29 is 14.4 Å². The Bertz CT molecular complexity index is 681. The van der Waals surface area contributed by atoms with Crippen molar-refractivity contribution in [3.05, 3.63) is 35.9 Å². The summed E-state index contributed by atoms with van der Waals surface area (Å²) in [6.45, 7) is 4.25. The number of nitrogens with zero attached hydrogens (tertiary/aromatic N) is 1. The first-order valence-corrected chi connectivity index (χ1v) is 9.37. The van der Waals surface area contributed by atoms with E-state index in [9.17, 15) is 14.4 Å². The van der Waals surface area contributed by atoms with Gasteiger partial charge in [0.25, 0.3) is 5.91 Å². The van der Waals surface area contributed by atoms with E-state index in [1.807, 2.05) is 18.2 Å². The predicted octanol–water partition coefficient (Wildman–Crippen LogP) is 1.71. The molecule has 2 fully saturated rings. The lowest BCUT2D eigenvalue weighted by Crippen LogP contribution is -2.54. The molecule has 2 aliphatic rings. The van der Waals surface area contributed by atoms with Crippen LogP contribution < -0.4 is 10.6 Å². The molecule has 26 heavy (non-hydrogen) atoms. The average molecular weight is 357 g/mol. The fourth-order valence-electron chi connectivity index (χ4n) is 3.82. The van der Waals surface area contributed by atoms with Crippen LogP contribution in [0.2, 0.25) is 0 Å². The lowest BCUT2D eigenvalue weighted by molar-refractivity contribution is -0.131. The third kappa shape index (κ3) is 3.89. The van der Waals surface area contributed by atoms with Gasteiger partial charge in [0.05, 0.1) is 12.1 Å². The van der Waals surface area contributed by atoms with Crippen LogP contribution in [0.4, 0.5) is 0 Å². The average Bonchev–Trinajstić information content (AvgIpc) is 3.02. The quantitative estimate of drug-likeness (QED) is 0.864. The molecule has 1 heterocycles. The zero-order valence-electron chi connectivity index (χ0n) is 15.5. The highest BCUT2D eigenvalue weighted by atomic mass is 16.2. The summed E-state index contributed by atoms with van der Waals surface area (Å²) in [5.41, 5.74) is 0.225. The van der Waals surface area contributed by atoms with Crippen molar-refractivity contribution in [1.82, 2.24) is 15.5 Å². The van der Waals surface area contributed by atoms with E-state index in [1.54, 1.807) is 30.9 Å². The molecule has 1 aromatic rings. The Hall–Kier alpha value is -2.37. The Labute approximate surface area is 154 Å². The molecule has 1 unspecified atom stereocenters. The third-order valence-electron chi connectivity index (χ3n) is 5.31. The predicted molar refractivity (Wildman–Crippen MR) is 98.5 cm³/mol. The second-order valence-electron chi connectivity index (χ2n) is 7.74. The van der Waals surface area contributed by atoms with Crippen LogP contribution in [0.3, 0.4) is 0 Å². The molecular weight excluding hydrogens is 330 g/mol. The maximum Gasteiger partial charge on any atom is 0.254 e. The second-order valence-corrected chi connectivity index (χ2v) is 7.74. The number of amides is 3. The minimum absolute atomic E-state index is 0.0998. The van der Waals surface area contributed by atoms with Gasteiger partial charge in [-0.05, 0) is 25.0 Å². The first-order chi connectivity index (χ1) is 12.4. The molecule has 3 rings (SSSR count). The summed E-state index contributed by atoms with van der Waals surface area (Å²) in [7, 11) is 0. The molecule has 3 amide bonds. The molecule has 1 saturated carbocycles. The molecule has 140 valence electrons. The SMILES string of the molecule is CC(C)C(=O)NC1CN(C(=O)c2ccccc2)CC2(CCCC2)NC1=O. The number of carbonyl (C=O) groups excluding carboxylic acids is 3. The largest absolute Gasteiger partial charge is 0.347 e. The Balaban J connectivity index is 1.86. The van der Waals surface area contributed by atoms with Gasteiger partial charge in [-0.2, -0.15) is 0 Å². The van der Waals surface area contributed by atoms with Gasteiger partial charge < -0.3 is 15.5 Å². The summed E-state index contributed by atoms with van der Waals surface area (Å²) >= 11 is 0. The van der Waals surface area contributed by atoms with Crippen LogP contribution in [0, 0.1) is 5.92 Å². The highest BCUT2D eigenvalue weighted by molar-refractivity contribution is 5.96. The molecule has 0 aromatic heterocycles. The molecule has 0 bridgehead atoms. The lowest BCUT2D eigenvalue weighted by atomic mass is 9.97. The van der Waals surface area contributed by atoms with E-state index in [-0.39, 0.29) is 35.7 Å². The molecule has 0 radical (unpaired) electrons. The van der Waals surface area contributed by atoms with Crippen molar-refractivity contribution in [2.45, 2.75) is 51.1 Å². The van der Waals surface area contributed by atoms with E-state index in [2.05, 4.69) is 10.6 Å². The third-order valence-corrected chi connectivity index (χ3v) is 5.31. The maximum absolute atomic E-state index is 13.0. The monoisotopic (exact) mass is 357 g/mol. The first-order valence-electron chi connectivity index (χ1n) is 9.37. The van der Waals surface area contributed by atoms with E-state index in [4.69, 9.17) is 0 Å². The molecule has 6 heteroatoms. The van der Waals surface area contributed by atoms with Crippen molar-refractivity contribution in [3.8, 4) is 0 Å². The number of carbonyl (C=O) groups is 3. The van der Waals surface area contributed by atoms with Gasteiger partial charge in [-0.15, -0.1) is 0 Å². The number of hydrogen-bond donors (Lipinski definition) is 2. The zero-order chi connectivity index (χ0) is 18.7. The molecule has 1 aliphatic heterocycles. The van der Waals surface area contributed by atoms with E-state index in [0.717, 1.165) is 25.7 Å². The van der Waals surface area contributed by atoms with E-state index in [0.29, 0.717) is 12.1 Å². The number of benzene rings is 1. The standard InChI is InChI=1S/C20H27N3O3/c1-14(2)17(24)21-16-12-23(19(26)15-8-4-3-5-9-15)13-20(22-18(16)25)10-6-7-11-20/h3-5,8-9,14,16H,6-7,10-13H2,1-2H3,(H,21,24)(H,22,25). The summed E-state index contributed by atoms with van der Waals surface area (Å²) in [4.78, 5) is 39.7. The fourth-order valence-corrected chi connectivity index (χ4v) is 3.82. The number of hydrogen-bond acceptors (Lipinski definition) is 3. The van der Waals surface area contributed by atoms with Gasteiger partial charge >= 0.3 is 0 Å². The Morgan fingerprint density at radius 2 is 1.85 bits per heavy atom. The van der Waals surface area contributed by atoms with Crippen LogP contribution in [0.25, 0.3) is 0 Å². The highest BCUT2D eigenvalue weighted by Gasteiger charge is 2.43. The normalized spacial score (nSPS) is 22.2. The molecule has 1 aliphatic carbocycles. The van der Waals surface area contributed by atoms with Gasteiger partial charge in [0, 0.05) is 18.0 Å². The topological polar surface area (TPSA) is 78.5 Å². The summed E-state index contributed by atoms with van der Waals surface area (Å²) in [6.07, 6.45) is 3.80. The van der Waals surface area contributed by atoms with Crippen LogP contribution in [0.1, 0.15) is 49.9 Å². The fraction of sp³-hybridized carbons (Fsp3) is 0.550. The van der Waals surface area contributed by atoms with Crippen LogP contribution in [0.15, 0.2) is 30.3 Å². The van der Waals surface area contributed by atoms with Gasteiger partial charge in [-0.3, -0.25) is 14.4 Å². The molecule has 1 atom stereocenters. The van der Waals surface area contributed by atoms with Crippen molar-refractivity contribution in [2.75, 3.05) is 13.1 Å². The summed E-state index contributed by atoms with van der Waals surface area (Å²) in [5.74, 6) is -0.689. The van der Waals surface area contributed by atoms with Crippen LogP contribution >= 0.6 is 0 Å². The Morgan fingerprint density at radius 1 is 1.19 bits per heavy atom. The minimum atomic E-state index is -0.725. The molecule has 6 nitrogen and oxygen atoms in total. The van der Waals surface area contributed by atoms with Gasteiger partial charge in [0.1, 0.15) is 6.04 Å². The highest BCUT2D eigenvalue weighted by Crippen LogP contribution is 2.32. The molecule has 1 saturated heterocycles. The zero-order valence-corrected chi connectivity index (χ0v) is 15.5. The van der Waals surface area contributed by atoms with Crippen molar-refractivity contribution in [1.29, 1.82) is 0 Å².